The molecule has 6 nitrogen and oxygen atoms in total. The zero-order valence-electron chi connectivity index (χ0n) is 14.8. The number of amides is 2. The average molecular weight is 430 g/mol. The fourth-order valence-electron chi connectivity index (χ4n) is 2.51. The monoisotopic (exact) mass is 429 g/mol. The molecule has 140 valence electrons. The molecule has 0 saturated carbocycles. The van der Waals surface area contributed by atoms with Crippen LogP contribution in [0, 0.1) is 0 Å². The standard InChI is InChI=1S/C20H20BrN3O3/c1-2-9-23-24-19(25)14-5-3-13(4-6-14)12-22-20(26)18-11-15-10-16(21)7-8-17(15)27-18/h3-8,10-11,23H,2,9,12H2,1H3,(H,22,26)(H,24,25). The van der Waals surface area contributed by atoms with E-state index in [1.54, 1.807) is 18.2 Å². The lowest BCUT2D eigenvalue weighted by atomic mass is 10.1. The predicted octanol–water partition coefficient (Wildman–Crippen LogP) is 3.77. The molecule has 0 aliphatic rings. The maximum atomic E-state index is 12.3. The highest BCUT2D eigenvalue weighted by Gasteiger charge is 2.12. The summed E-state index contributed by atoms with van der Waals surface area (Å²) in [5.41, 5.74) is 7.59. The SMILES string of the molecule is CCCNNC(=O)c1ccc(CNC(=O)c2cc3cc(Br)ccc3o2)cc1. The van der Waals surface area contributed by atoms with Crippen LogP contribution >= 0.6 is 15.9 Å². The van der Waals surface area contributed by atoms with Crippen molar-refractivity contribution in [3.8, 4) is 0 Å². The number of carbonyl (C=O) groups excluding carboxylic acids is 2. The van der Waals surface area contributed by atoms with Crippen molar-refractivity contribution in [2.45, 2.75) is 19.9 Å². The Morgan fingerprint density at radius 1 is 1.04 bits per heavy atom. The molecule has 0 bridgehead atoms. The van der Waals surface area contributed by atoms with Crippen molar-refractivity contribution in [3.63, 3.8) is 0 Å². The number of halogens is 1. The summed E-state index contributed by atoms with van der Waals surface area (Å²) >= 11 is 3.40. The van der Waals surface area contributed by atoms with Crippen LogP contribution in [0.2, 0.25) is 0 Å². The third-order valence-electron chi connectivity index (χ3n) is 3.95. The van der Waals surface area contributed by atoms with Crippen LogP contribution in [-0.4, -0.2) is 18.4 Å². The summed E-state index contributed by atoms with van der Waals surface area (Å²) in [6.07, 6.45) is 0.932. The van der Waals surface area contributed by atoms with E-state index in [2.05, 4.69) is 32.1 Å². The van der Waals surface area contributed by atoms with Gasteiger partial charge in [-0.05, 0) is 48.4 Å². The van der Waals surface area contributed by atoms with Gasteiger partial charge in [-0.2, -0.15) is 0 Å². The van der Waals surface area contributed by atoms with Gasteiger partial charge in [-0.15, -0.1) is 0 Å². The minimum absolute atomic E-state index is 0.188. The number of hydrazine groups is 1. The molecule has 0 fully saturated rings. The third-order valence-corrected chi connectivity index (χ3v) is 4.44. The number of furan rings is 1. The molecule has 3 aromatic rings. The molecule has 1 heterocycles. The molecule has 3 N–H and O–H groups in total. The molecule has 0 aliphatic heterocycles. The van der Waals surface area contributed by atoms with Crippen LogP contribution in [0.5, 0.6) is 0 Å². The summed E-state index contributed by atoms with van der Waals surface area (Å²) in [5.74, 6) is -0.207. The number of hydrogen-bond donors (Lipinski definition) is 3. The molecule has 2 amide bonds. The summed E-state index contributed by atoms with van der Waals surface area (Å²) in [7, 11) is 0. The first-order chi connectivity index (χ1) is 13.1. The van der Waals surface area contributed by atoms with Gasteiger partial charge in [-0.3, -0.25) is 15.0 Å². The Labute approximate surface area is 165 Å². The van der Waals surface area contributed by atoms with Crippen LogP contribution in [0.1, 0.15) is 39.8 Å². The number of fused-ring (bicyclic) bond motifs is 1. The zero-order chi connectivity index (χ0) is 19.2. The number of hydrogen-bond acceptors (Lipinski definition) is 4. The van der Waals surface area contributed by atoms with E-state index in [-0.39, 0.29) is 17.6 Å². The molecular weight excluding hydrogens is 410 g/mol. The minimum atomic E-state index is -0.284. The Bertz CT molecular complexity index is 951. The van der Waals surface area contributed by atoms with Crippen molar-refractivity contribution in [1.82, 2.24) is 16.2 Å². The predicted molar refractivity (Wildman–Crippen MR) is 107 cm³/mol. The molecule has 0 radical (unpaired) electrons. The highest BCUT2D eigenvalue weighted by molar-refractivity contribution is 9.10. The van der Waals surface area contributed by atoms with Crippen molar-refractivity contribution >= 4 is 38.7 Å². The Hall–Kier alpha value is -2.64. The molecule has 3 rings (SSSR count). The summed E-state index contributed by atoms with van der Waals surface area (Å²) in [6, 6.07) is 14.4. The molecule has 27 heavy (non-hydrogen) atoms. The van der Waals surface area contributed by atoms with Gasteiger partial charge in [0.1, 0.15) is 5.58 Å². The molecule has 0 unspecified atom stereocenters. The second kappa shape index (κ2) is 8.83. The van der Waals surface area contributed by atoms with Gasteiger partial charge in [-0.25, -0.2) is 5.43 Å². The normalized spacial score (nSPS) is 10.7. The maximum absolute atomic E-state index is 12.3. The van der Waals surface area contributed by atoms with Gasteiger partial charge in [0.15, 0.2) is 5.76 Å². The van der Waals surface area contributed by atoms with Gasteiger partial charge in [-0.1, -0.05) is 35.0 Å². The van der Waals surface area contributed by atoms with E-state index in [4.69, 9.17) is 4.42 Å². The van der Waals surface area contributed by atoms with Gasteiger partial charge >= 0.3 is 0 Å². The number of benzene rings is 2. The Morgan fingerprint density at radius 3 is 2.56 bits per heavy atom. The fraction of sp³-hybridized carbons (Fsp3) is 0.200. The van der Waals surface area contributed by atoms with E-state index in [0.717, 1.165) is 21.8 Å². The number of nitrogens with one attached hydrogen (secondary N) is 3. The van der Waals surface area contributed by atoms with Gasteiger partial charge in [0.05, 0.1) is 0 Å². The fourth-order valence-corrected chi connectivity index (χ4v) is 2.89. The Balaban J connectivity index is 1.57. The second-order valence-electron chi connectivity index (χ2n) is 6.05. The topological polar surface area (TPSA) is 83.4 Å². The Kier molecular flexibility index (Phi) is 6.26. The molecule has 7 heteroatoms. The van der Waals surface area contributed by atoms with E-state index >= 15 is 0 Å². The van der Waals surface area contributed by atoms with Crippen molar-refractivity contribution in [1.29, 1.82) is 0 Å². The van der Waals surface area contributed by atoms with Crippen molar-refractivity contribution in [2.75, 3.05) is 6.54 Å². The first-order valence-corrected chi connectivity index (χ1v) is 9.45. The molecule has 0 saturated heterocycles. The van der Waals surface area contributed by atoms with Gasteiger partial charge < -0.3 is 9.73 Å². The molecule has 2 aromatic carbocycles. The van der Waals surface area contributed by atoms with Crippen LogP contribution < -0.4 is 16.2 Å². The first-order valence-electron chi connectivity index (χ1n) is 8.66. The largest absolute Gasteiger partial charge is 0.451 e. The van der Waals surface area contributed by atoms with E-state index in [1.165, 1.54) is 0 Å². The van der Waals surface area contributed by atoms with Crippen molar-refractivity contribution in [2.24, 2.45) is 0 Å². The zero-order valence-corrected chi connectivity index (χ0v) is 16.4. The number of carbonyl (C=O) groups is 2. The summed E-state index contributed by atoms with van der Waals surface area (Å²) in [6.45, 7) is 3.08. The van der Waals surface area contributed by atoms with E-state index in [1.807, 2.05) is 37.3 Å². The van der Waals surface area contributed by atoms with Gasteiger partial charge in [0.25, 0.3) is 11.8 Å². The molecule has 1 aromatic heterocycles. The lowest BCUT2D eigenvalue weighted by Gasteiger charge is -2.07. The van der Waals surface area contributed by atoms with Crippen LogP contribution in [0.25, 0.3) is 11.0 Å². The smallest absolute Gasteiger partial charge is 0.287 e. The van der Waals surface area contributed by atoms with Gasteiger partial charge in [0.2, 0.25) is 0 Å². The van der Waals surface area contributed by atoms with Crippen LogP contribution in [0.4, 0.5) is 0 Å². The van der Waals surface area contributed by atoms with E-state index < -0.39 is 0 Å². The summed E-state index contributed by atoms with van der Waals surface area (Å²) in [4.78, 5) is 24.2. The van der Waals surface area contributed by atoms with Crippen LogP contribution in [0.3, 0.4) is 0 Å². The highest BCUT2D eigenvalue weighted by Crippen LogP contribution is 2.23. The van der Waals surface area contributed by atoms with Gasteiger partial charge in [0, 0.05) is 28.5 Å². The molecule has 0 atom stereocenters. The van der Waals surface area contributed by atoms with E-state index in [9.17, 15) is 9.59 Å². The average Bonchev–Trinajstić information content (AvgIpc) is 3.10. The summed E-state index contributed by atoms with van der Waals surface area (Å²) < 4.78 is 6.51. The number of rotatable bonds is 7. The maximum Gasteiger partial charge on any atom is 0.287 e. The Morgan fingerprint density at radius 2 is 1.81 bits per heavy atom. The van der Waals surface area contributed by atoms with Crippen molar-refractivity contribution < 1.29 is 14.0 Å². The second-order valence-corrected chi connectivity index (χ2v) is 6.97. The lowest BCUT2D eigenvalue weighted by molar-refractivity contribution is 0.0919. The molecular formula is C20H20BrN3O3. The van der Waals surface area contributed by atoms with Crippen molar-refractivity contribution in [3.05, 3.63) is 69.9 Å². The molecule has 0 aliphatic carbocycles. The summed E-state index contributed by atoms with van der Waals surface area (Å²) in [5, 5.41) is 3.69. The lowest BCUT2D eigenvalue weighted by Crippen LogP contribution is -2.37. The highest BCUT2D eigenvalue weighted by atomic mass is 79.9. The molecule has 0 spiro atoms. The van der Waals surface area contributed by atoms with Crippen LogP contribution in [-0.2, 0) is 6.54 Å². The first kappa shape index (κ1) is 19.1. The quantitative estimate of drug-likeness (QED) is 0.394. The third kappa shape index (κ3) is 4.96. The minimum Gasteiger partial charge on any atom is -0.451 e. The van der Waals surface area contributed by atoms with Crippen LogP contribution in [0.15, 0.2) is 57.4 Å². The van der Waals surface area contributed by atoms with E-state index in [0.29, 0.717) is 24.2 Å².